The first-order chi connectivity index (χ1) is 7.36. The van der Waals surface area contributed by atoms with Crippen molar-refractivity contribution in [2.75, 3.05) is 6.54 Å². The minimum Gasteiger partial charge on any atom is -0.352 e. The van der Waals surface area contributed by atoms with Crippen LogP contribution in [-0.4, -0.2) is 22.4 Å². The zero-order valence-electron chi connectivity index (χ0n) is 8.06. The van der Waals surface area contributed by atoms with Crippen molar-refractivity contribution in [3.63, 3.8) is 0 Å². The summed E-state index contributed by atoms with van der Waals surface area (Å²) in [6, 6.07) is 1.82. The van der Waals surface area contributed by atoms with E-state index in [4.69, 9.17) is 0 Å². The lowest BCUT2D eigenvalue weighted by atomic mass is 10.3. The predicted molar refractivity (Wildman–Crippen MR) is 58.9 cm³/mol. The third kappa shape index (κ3) is 2.66. The lowest BCUT2D eigenvalue weighted by molar-refractivity contribution is 0.0954. The van der Waals surface area contributed by atoms with Crippen molar-refractivity contribution in [2.45, 2.75) is 6.42 Å². The molecule has 0 aromatic carbocycles. The zero-order chi connectivity index (χ0) is 10.5. The first kappa shape index (κ1) is 9.92. The van der Waals surface area contributed by atoms with Gasteiger partial charge in [0.25, 0.3) is 5.91 Å². The summed E-state index contributed by atoms with van der Waals surface area (Å²) in [7, 11) is 0. The Kier molecular flexibility index (Phi) is 3.14. The maximum atomic E-state index is 11.5. The number of hydrogen-bond acceptors (Lipinski definition) is 3. The van der Waals surface area contributed by atoms with Crippen molar-refractivity contribution >= 4 is 17.2 Å². The Hall–Kier alpha value is -1.62. The summed E-state index contributed by atoms with van der Waals surface area (Å²) in [5.41, 5.74) is 1.75. The van der Waals surface area contributed by atoms with Gasteiger partial charge in [-0.3, -0.25) is 4.79 Å². The Morgan fingerprint density at radius 2 is 2.53 bits per heavy atom. The fraction of sp³-hybridized carbons (Fsp3) is 0.200. The predicted octanol–water partition coefficient (Wildman–Crippen LogP) is 1.44. The largest absolute Gasteiger partial charge is 0.352 e. The minimum absolute atomic E-state index is 0.0178. The molecule has 0 atom stereocenters. The molecule has 0 radical (unpaired) electrons. The van der Waals surface area contributed by atoms with Crippen LogP contribution in [0, 0.1) is 0 Å². The molecule has 0 spiro atoms. The highest BCUT2D eigenvalue weighted by Crippen LogP contribution is 2.05. The molecule has 0 fully saturated rings. The van der Waals surface area contributed by atoms with E-state index in [1.165, 1.54) is 11.3 Å². The quantitative estimate of drug-likeness (QED) is 0.820. The molecule has 2 aromatic heterocycles. The fourth-order valence-corrected chi connectivity index (χ4v) is 1.86. The highest BCUT2D eigenvalue weighted by atomic mass is 32.1. The topological polar surface area (TPSA) is 57.8 Å². The molecule has 2 N–H and O–H groups in total. The number of carbonyl (C=O) groups is 1. The van der Waals surface area contributed by atoms with E-state index in [1.807, 2.05) is 16.8 Å². The fourth-order valence-electron chi connectivity index (χ4n) is 1.23. The van der Waals surface area contributed by atoms with E-state index < -0.39 is 0 Å². The number of hydrogen-bond donors (Lipinski definition) is 2. The number of nitrogens with one attached hydrogen (secondary N) is 2. The molecule has 5 heteroatoms. The van der Waals surface area contributed by atoms with Gasteiger partial charge in [-0.15, -0.1) is 0 Å². The first-order valence-corrected chi connectivity index (χ1v) is 5.58. The van der Waals surface area contributed by atoms with Crippen molar-refractivity contribution in [2.24, 2.45) is 0 Å². The van der Waals surface area contributed by atoms with Gasteiger partial charge in [-0.25, -0.2) is 4.98 Å². The molecule has 0 unspecified atom stereocenters. The van der Waals surface area contributed by atoms with Crippen LogP contribution in [0.4, 0.5) is 0 Å². The van der Waals surface area contributed by atoms with Crippen LogP contribution in [0.15, 0.2) is 29.4 Å². The summed E-state index contributed by atoms with van der Waals surface area (Å²) in [5.74, 6) is -0.0178. The molecule has 2 heterocycles. The van der Waals surface area contributed by atoms with Gasteiger partial charge >= 0.3 is 0 Å². The smallest absolute Gasteiger partial charge is 0.252 e. The number of imidazole rings is 1. The third-order valence-corrected chi connectivity index (χ3v) is 2.70. The Morgan fingerprint density at radius 1 is 1.60 bits per heavy atom. The molecule has 4 nitrogen and oxygen atoms in total. The van der Waals surface area contributed by atoms with Crippen LogP contribution in [-0.2, 0) is 6.42 Å². The molecular weight excluding hydrogens is 210 g/mol. The van der Waals surface area contributed by atoms with Crippen molar-refractivity contribution in [1.29, 1.82) is 0 Å². The van der Waals surface area contributed by atoms with Gasteiger partial charge in [0.05, 0.1) is 6.33 Å². The van der Waals surface area contributed by atoms with E-state index in [-0.39, 0.29) is 5.91 Å². The van der Waals surface area contributed by atoms with Gasteiger partial charge in [0.15, 0.2) is 0 Å². The Bertz CT molecular complexity index is 408. The molecule has 15 heavy (non-hydrogen) atoms. The minimum atomic E-state index is -0.0178. The Labute approximate surface area is 91.4 Å². The monoisotopic (exact) mass is 221 g/mol. The van der Waals surface area contributed by atoms with Crippen LogP contribution in [0.1, 0.15) is 16.1 Å². The third-order valence-electron chi connectivity index (χ3n) is 2.02. The van der Waals surface area contributed by atoms with Crippen molar-refractivity contribution in [3.05, 3.63) is 40.6 Å². The average molecular weight is 221 g/mol. The van der Waals surface area contributed by atoms with E-state index in [2.05, 4.69) is 15.3 Å². The van der Waals surface area contributed by atoms with E-state index in [9.17, 15) is 4.79 Å². The average Bonchev–Trinajstić information content (AvgIpc) is 2.90. The number of aromatic amines is 1. The van der Waals surface area contributed by atoms with Crippen LogP contribution in [0.3, 0.4) is 0 Å². The summed E-state index contributed by atoms with van der Waals surface area (Å²) < 4.78 is 0. The maximum absolute atomic E-state index is 11.5. The van der Waals surface area contributed by atoms with Crippen molar-refractivity contribution < 1.29 is 4.79 Å². The van der Waals surface area contributed by atoms with Gasteiger partial charge in [0, 0.05) is 35.8 Å². The van der Waals surface area contributed by atoms with Crippen LogP contribution < -0.4 is 5.32 Å². The molecular formula is C10H11N3OS. The summed E-state index contributed by atoms with van der Waals surface area (Å²) in [4.78, 5) is 18.4. The molecule has 2 aromatic rings. The number of amides is 1. The van der Waals surface area contributed by atoms with Crippen LogP contribution >= 0.6 is 11.3 Å². The summed E-state index contributed by atoms with van der Waals surface area (Å²) in [6.45, 7) is 0.622. The van der Waals surface area contributed by atoms with E-state index in [0.717, 1.165) is 17.7 Å². The molecule has 0 aliphatic heterocycles. The lowest BCUT2D eigenvalue weighted by Gasteiger charge is -2.01. The number of carbonyl (C=O) groups excluding carboxylic acids is 1. The second-order valence-corrected chi connectivity index (χ2v) is 3.87. The number of H-pyrrole nitrogens is 1. The zero-order valence-corrected chi connectivity index (χ0v) is 8.88. The van der Waals surface area contributed by atoms with Gasteiger partial charge in [-0.1, -0.05) is 0 Å². The van der Waals surface area contributed by atoms with Crippen molar-refractivity contribution in [1.82, 2.24) is 15.3 Å². The molecule has 2 rings (SSSR count). The highest BCUT2D eigenvalue weighted by molar-refractivity contribution is 7.08. The summed E-state index contributed by atoms with van der Waals surface area (Å²) in [5, 5.41) is 6.57. The van der Waals surface area contributed by atoms with Crippen LogP contribution in [0.5, 0.6) is 0 Å². The van der Waals surface area contributed by atoms with Gasteiger partial charge < -0.3 is 10.3 Å². The summed E-state index contributed by atoms with van der Waals surface area (Å²) >= 11 is 1.52. The summed E-state index contributed by atoms with van der Waals surface area (Å²) in [6.07, 6.45) is 4.17. The maximum Gasteiger partial charge on any atom is 0.252 e. The number of thiophene rings is 1. The van der Waals surface area contributed by atoms with Gasteiger partial charge in [0.1, 0.15) is 0 Å². The van der Waals surface area contributed by atoms with Crippen molar-refractivity contribution in [3.8, 4) is 0 Å². The van der Waals surface area contributed by atoms with Gasteiger partial charge in [0.2, 0.25) is 0 Å². The van der Waals surface area contributed by atoms with Crippen LogP contribution in [0.25, 0.3) is 0 Å². The van der Waals surface area contributed by atoms with Gasteiger partial charge in [-0.05, 0) is 11.4 Å². The number of nitrogens with zero attached hydrogens (tertiary/aromatic N) is 1. The first-order valence-electron chi connectivity index (χ1n) is 4.64. The molecule has 1 amide bonds. The highest BCUT2D eigenvalue weighted by Gasteiger charge is 2.04. The molecule has 0 bridgehead atoms. The number of aromatic nitrogens is 2. The SMILES string of the molecule is O=C(NCCc1cnc[nH]1)c1ccsc1. The van der Waals surface area contributed by atoms with E-state index >= 15 is 0 Å². The molecule has 0 aliphatic rings. The van der Waals surface area contributed by atoms with E-state index in [1.54, 1.807) is 12.5 Å². The molecule has 0 saturated carbocycles. The van der Waals surface area contributed by atoms with Gasteiger partial charge in [-0.2, -0.15) is 11.3 Å². The second kappa shape index (κ2) is 4.75. The number of rotatable bonds is 4. The standard InChI is InChI=1S/C10H11N3OS/c14-10(8-2-4-15-6-8)12-3-1-9-5-11-7-13-9/h2,4-7H,1,3H2,(H,11,13)(H,12,14). The lowest BCUT2D eigenvalue weighted by Crippen LogP contribution is -2.25. The molecule has 0 saturated heterocycles. The molecule has 78 valence electrons. The Morgan fingerprint density at radius 3 is 3.20 bits per heavy atom. The van der Waals surface area contributed by atoms with E-state index in [0.29, 0.717) is 6.54 Å². The second-order valence-electron chi connectivity index (χ2n) is 3.09. The Balaban J connectivity index is 1.77. The normalized spacial score (nSPS) is 10.1. The van der Waals surface area contributed by atoms with Crippen LogP contribution in [0.2, 0.25) is 0 Å². The molecule has 0 aliphatic carbocycles.